The summed E-state index contributed by atoms with van der Waals surface area (Å²) in [4.78, 5) is 0. The predicted octanol–water partition coefficient (Wildman–Crippen LogP) is 3.62. The number of alkyl halides is 2. The Bertz CT molecular complexity index is 351. The van der Waals surface area contributed by atoms with Gasteiger partial charge in [-0.1, -0.05) is 42.7 Å². The van der Waals surface area contributed by atoms with Gasteiger partial charge in [-0.15, -0.1) is 0 Å². The van der Waals surface area contributed by atoms with E-state index in [1.807, 2.05) is 6.92 Å². The van der Waals surface area contributed by atoms with Gasteiger partial charge in [0.1, 0.15) is 0 Å². The first-order valence-corrected chi connectivity index (χ1v) is 6.29. The van der Waals surface area contributed by atoms with Crippen LogP contribution in [-0.4, -0.2) is 12.6 Å². The molecule has 94 valence electrons. The van der Waals surface area contributed by atoms with E-state index in [9.17, 15) is 8.78 Å². The van der Waals surface area contributed by atoms with E-state index in [1.165, 1.54) is 0 Å². The Morgan fingerprint density at radius 1 is 1.12 bits per heavy atom. The molecule has 0 aromatic heterocycles. The highest BCUT2D eigenvalue weighted by atomic mass is 19.3. The van der Waals surface area contributed by atoms with Crippen molar-refractivity contribution in [2.75, 3.05) is 6.54 Å². The first-order chi connectivity index (χ1) is 8.10. The third kappa shape index (κ3) is 2.83. The Labute approximate surface area is 101 Å². The number of hydrogen-bond donors (Lipinski definition) is 1. The molecule has 0 amide bonds. The molecule has 1 fully saturated rings. The average Bonchev–Trinajstić information content (AvgIpc) is 2.58. The van der Waals surface area contributed by atoms with Crippen LogP contribution in [0.1, 0.15) is 36.8 Å². The standard InChI is InChI=1S/C14H19F2N/c1-11-6-8-12(9-7-11)14(15,16)13-5-3-2-4-10-17-13/h6-9,13,17H,2-5,10H2,1H3. The van der Waals surface area contributed by atoms with Gasteiger partial charge in [0.2, 0.25) is 0 Å². The molecule has 1 saturated heterocycles. The van der Waals surface area contributed by atoms with Crippen LogP contribution < -0.4 is 5.32 Å². The lowest BCUT2D eigenvalue weighted by atomic mass is 9.97. The fourth-order valence-corrected chi connectivity index (χ4v) is 2.32. The Morgan fingerprint density at radius 2 is 1.82 bits per heavy atom. The van der Waals surface area contributed by atoms with Crippen molar-refractivity contribution in [2.45, 2.75) is 44.6 Å². The molecule has 0 saturated carbocycles. The molecule has 1 aromatic carbocycles. The van der Waals surface area contributed by atoms with Crippen molar-refractivity contribution in [2.24, 2.45) is 0 Å². The average molecular weight is 239 g/mol. The fraction of sp³-hybridized carbons (Fsp3) is 0.571. The summed E-state index contributed by atoms with van der Waals surface area (Å²) in [7, 11) is 0. The summed E-state index contributed by atoms with van der Waals surface area (Å²) in [5.74, 6) is -2.77. The van der Waals surface area contributed by atoms with E-state index < -0.39 is 12.0 Å². The second-order valence-corrected chi connectivity index (χ2v) is 4.85. The second kappa shape index (κ2) is 5.13. The Morgan fingerprint density at radius 3 is 2.53 bits per heavy atom. The van der Waals surface area contributed by atoms with E-state index in [2.05, 4.69) is 5.32 Å². The smallest absolute Gasteiger partial charge is 0.288 e. The number of benzene rings is 1. The maximum atomic E-state index is 14.3. The van der Waals surface area contributed by atoms with E-state index in [-0.39, 0.29) is 5.56 Å². The molecule has 1 aliphatic rings. The zero-order valence-electron chi connectivity index (χ0n) is 10.2. The molecule has 1 unspecified atom stereocenters. The van der Waals surface area contributed by atoms with Gasteiger partial charge in [-0.3, -0.25) is 0 Å². The summed E-state index contributed by atoms with van der Waals surface area (Å²) in [6.45, 7) is 2.61. The highest BCUT2D eigenvalue weighted by Crippen LogP contribution is 2.35. The van der Waals surface area contributed by atoms with Gasteiger partial charge >= 0.3 is 0 Å². The Hall–Kier alpha value is -0.960. The van der Waals surface area contributed by atoms with E-state index in [0.29, 0.717) is 13.0 Å². The minimum Gasteiger partial charge on any atom is -0.308 e. The van der Waals surface area contributed by atoms with E-state index in [4.69, 9.17) is 0 Å². The molecule has 3 heteroatoms. The zero-order chi connectivity index (χ0) is 12.3. The van der Waals surface area contributed by atoms with Gasteiger partial charge < -0.3 is 5.32 Å². The van der Waals surface area contributed by atoms with Gasteiger partial charge in [0.15, 0.2) is 0 Å². The summed E-state index contributed by atoms with van der Waals surface area (Å²) in [6.07, 6.45) is 3.49. The molecule has 2 rings (SSSR count). The molecule has 1 atom stereocenters. The molecule has 0 bridgehead atoms. The third-order valence-corrected chi connectivity index (χ3v) is 3.43. The topological polar surface area (TPSA) is 12.0 Å². The monoisotopic (exact) mass is 239 g/mol. The molecule has 1 nitrogen and oxygen atoms in total. The van der Waals surface area contributed by atoms with Crippen molar-refractivity contribution in [3.05, 3.63) is 35.4 Å². The largest absolute Gasteiger partial charge is 0.308 e. The van der Waals surface area contributed by atoms with Crippen molar-refractivity contribution in [3.8, 4) is 0 Å². The molecule has 17 heavy (non-hydrogen) atoms. The minimum atomic E-state index is -2.77. The van der Waals surface area contributed by atoms with Gasteiger partial charge in [0, 0.05) is 5.56 Å². The number of hydrogen-bond acceptors (Lipinski definition) is 1. The summed E-state index contributed by atoms with van der Waals surface area (Å²) >= 11 is 0. The zero-order valence-corrected chi connectivity index (χ0v) is 10.2. The highest BCUT2D eigenvalue weighted by molar-refractivity contribution is 5.26. The van der Waals surface area contributed by atoms with Gasteiger partial charge in [-0.25, -0.2) is 0 Å². The van der Waals surface area contributed by atoms with Gasteiger partial charge in [-0.2, -0.15) is 8.78 Å². The third-order valence-electron chi connectivity index (χ3n) is 3.43. The summed E-state index contributed by atoms with van der Waals surface area (Å²) < 4.78 is 28.6. The lowest BCUT2D eigenvalue weighted by Gasteiger charge is -2.27. The van der Waals surface area contributed by atoms with E-state index in [1.54, 1.807) is 24.3 Å². The molecular formula is C14H19F2N. The van der Waals surface area contributed by atoms with Crippen molar-refractivity contribution in [1.29, 1.82) is 0 Å². The normalized spacial score (nSPS) is 22.2. The summed E-state index contributed by atoms with van der Waals surface area (Å²) in [5.41, 5.74) is 1.14. The van der Waals surface area contributed by atoms with E-state index in [0.717, 1.165) is 24.8 Å². The minimum absolute atomic E-state index is 0.127. The Kier molecular flexibility index (Phi) is 3.77. The number of aryl methyl sites for hydroxylation is 1. The van der Waals surface area contributed by atoms with Crippen molar-refractivity contribution < 1.29 is 8.78 Å². The lowest BCUT2D eigenvalue weighted by molar-refractivity contribution is -0.0448. The van der Waals surface area contributed by atoms with E-state index >= 15 is 0 Å². The van der Waals surface area contributed by atoms with Crippen LogP contribution >= 0.6 is 0 Å². The van der Waals surface area contributed by atoms with Crippen molar-refractivity contribution >= 4 is 0 Å². The van der Waals surface area contributed by atoms with Crippen LogP contribution in [0, 0.1) is 6.92 Å². The number of rotatable bonds is 2. The second-order valence-electron chi connectivity index (χ2n) is 4.85. The molecule has 0 radical (unpaired) electrons. The maximum Gasteiger partial charge on any atom is 0.288 e. The molecule has 1 heterocycles. The number of halogens is 2. The molecule has 1 aliphatic heterocycles. The quantitative estimate of drug-likeness (QED) is 0.831. The van der Waals surface area contributed by atoms with Crippen LogP contribution in [0.3, 0.4) is 0 Å². The van der Waals surface area contributed by atoms with Crippen molar-refractivity contribution in [3.63, 3.8) is 0 Å². The van der Waals surface area contributed by atoms with Crippen molar-refractivity contribution in [1.82, 2.24) is 5.32 Å². The summed E-state index contributed by atoms with van der Waals surface area (Å²) in [5, 5.41) is 2.98. The maximum absolute atomic E-state index is 14.3. The SMILES string of the molecule is Cc1ccc(C(F)(F)C2CCCCCN2)cc1. The fourth-order valence-electron chi connectivity index (χ4n) is 2.32. The van der Waals surface area contributed by atoms with Crippen LogP contribution in [-0.2, 0) is 5.92 Å². The van der Waals surface area contributed by atoms with Crippen LogP contribution in [0.15, 0.2) is 24.3 Å². The van der Waals surface area contributed by atoms with Crippen LogP contribution in [0.25, 0.3) is 0 Å². The summed E-state index contributed by atoms with van der Waals surface area (Å²) in [6, 6.07) is 5.87. The first kappa shape index (κ1) is 12.5. The molecular weight excluding hydrogens is 220 g/mol. The predicted molar refractivity (Wildman–Crippen MR) is 65.3 cm³/mol. The van der Waals surface area contributed by atoms with Gasteiger partial charge in [0.05, 0.1) is 6.04 Å². The molecule has 1 N–H and O–H groups in total. The van der Waals surface area contributed by atoms with Gasteiger partial charge in [0.25, 0.3) is 5.92 Å². The van der Waals surface area contributed by atoms with Crippen LogP contribution in [0.4, 0.5) is 8.78 Å². The van der Waals surface area contributed by atoms with Gasteiger partial charge in [-0.05, 0) is 26.3 Å². The molecule has 1 aromatic rings. The highest BCUT2D eigenvalue weighted by Gasteiger charge is 2.40. The van der Waals surface area contributed by atoms with Crippen LogP contribution in [0.5, 0.6) is 0 Å². The Balaban J connectivity index is 2.18. The van der Waals surface area contributed by atoms with Crippen LogP contribution in [0.2, 0.25) is 0 Å². The lowest BCUT2D eigenvalue weighted by Crippen LogP contribution is -2.42. The molecule has 0 spiro atoms. The molecule has 0 aliphatic carbocycles. The number of nitrogens with one attached hydrogen (secondary N) is 1. The first-order valence-electron chi connectivity index (χ1n) is 6.29.